The SMILES string of the molecule is COC(=O)c1ccc(C(=O)N2C3CCC2COC3)cc1.COC(=O)c1ccc(C(=O)O)cc1.II(I)I(I)I.I[I-]I(I)I.O=C(O)c1ccc(C(=O)N2C3CCC2COC3)cc1. The van der Waals surface area contributed by atoms with Crippen molar-refractivity contribution in [2.75, 3.05) is 40.6 Å². The number of hydrogen-bond acceptors (Lipinski definition) is 10. The zero-order chi connectivity index (χ0) is 46.8. The molecular formula is C38H40I11N2O12-. The van der Waals surface area contributed by atoms with Gasteiger partial charge in [-0.2, -0.15) is 0 Å². The summed E-state index contributed by atoms with van der Waals surface area (Å²) in [6.45, 7) is 2.47. The van der Waals surface area contributed by atoms with Crippen molar-refractivity contribution >= 4 is 190 Å². The third-order valence-electron chi connectivity index (χ3n) is 9.56. The molecule has 0 radical (unpaired) electrons. The first kappa shape index (κ1) is 59.7. The van der Waals surface area contributed by atoms with Crippen LogP contribution in [0.1, 0.15) is 87.8 Å². The summed E-state index contributed by atoms with van der Waals surface area (Å²) in [7, 11) is 1.74. The van der Waals surface area contributed by atoms with E-state index in [4.69, 9.17) is 19.7 Å². The summed E-state index contributed by atoms with van der Waals surface area (Å²) >= 11 is 18.9. The number of aromatic carboxylic acids is 2. The normalized spacial score (nSPS) is 19.7. The summed E-state index contributed by atoms with van der Waals surface area (Å²) in [6.07, 6.45) is 4.00. The molecule has 4 saturated heterocycles. The number of carbonyl (C=O) groups excluding carboxylic acids is 4. The minimum Gasteiger partial charge on any atom is -0.478 e. The molecule has 0 spiro atoms. The Morgan fingerprint density at radius 1 is 0.524 bits per heavy atom. The predicted molar refractivity (Wildman–Crippen MR) is 324 cm³/mol. The number of nitrogens with zero attached hydrogens (tertiary/aromatic N) is 2. The van der Waals surface area contributed by atoms with Crippen molar-refractivity contribution in [1.82, 2.24) is 9.80 Å². The first-order valence-electron chi connectivity index (χ1n) is 18.0. The molecule has 25 heteroatoms. The summed E-state index contributed by atoms with van der Waals surface area (Å²) in [4.78, 5) is 72.4. The van der Waals surface area contributed by atoms with Crippen LogP contribution in [0, 0.1) is 0 Å². The Balaban J connectivity index is 0.000000228. The summed E-state index contributed by atoms with van der Waals surface area (Å²) in [5.41, 5.74) is 2.29. The topological polar surface area (TPSA) is 186 Å². The fourth-order valence-electron chi connectivity index (χ4n) is 6.71. The van der Waals surface area contributed by atoms with Crippen LogP contribution in [-0.2, 0) is 18.9 Å². The molecular weight excluding hydrogens is 2070 g/mol. The van der Waals surface area contributed by atoms with Gasteiger partial charge < -0.3 is 39.0 Å². The number of halogens is 11. The van der Waals surface area contributed by atoms with E-state index < -0.39 is 23.9 Å². The minimum absolute atomic E-state index is 0.0206. The number of esters is 2. The second-order valence-corrected chi connectivity index (χ2v) is 176. The van der Waals surface area contributed by atoms with E-state index in [-0.39, 0.29) is 70.8 Å². The maximum absolute atomic E-state index is 12.6. The van der Waals surface area contributed by atoms with Gasteiger partial charge in [-0.15, -0.1) is 0 Å². The van der Waals surface area contributed by atoms with E-state index in [2.05, 4.69) is 140 Å². The standard InChI is InChI=1S/C15H17NO4.C14H15NO4.C9H8O4.I6.I5/c1-19-15(18)11-4-2-10(3-5-11)14(17)16-12-6-7-13(16)9-20-8-12;16-13(9-1-3-10(4-2-9)14(17)18)15-11-5-6-12(15)8-19-7-11;1-13-9(12)7-4-2-6(3-5-7)8(10)11;1-5(2)6(3)4;1-4-5(2)3/h2-5,12-13H,6-9H2,1H3;1-4,11-12H,5-8H2,(H,17,18);2-5H,1H3,(H,10,11);;/q;;;;-1. The Morgan fingerprint density at radius 2 is 0.762 bits per heavy atom. The van der Waals surface area contributed by atoms with Gasteiger partial charge in [0.2, 0.25) is 0 Å². The number of carbonyl (C=O) groups is 6. The minimum atomic E-state index is -1.02. The second-order valence-electron chi connectivity index (χ2n) is 13.1. The summed E-state index contributed by atoms with van der Waals surface area (Å²) in [5, 5.41) is 17.4. The Bertz CT molecular complexity index is 1940. The van der Waals surface area contributed by atoms with Crippen LogP contribution >= 0.6 is 154 Å². The molecule has 0 aliphatic carbocycles. The molecule has 3 aromatic carbocycles. The Kier molecular flexibility index (Phi) is 30.1. The zero-order valence-corrected chi connectivity index (χ0v) is 56.7. The quantitative estimate of drug-likeness (QED) is 0.161. The Morgan fingerprint density at radius 3 is 0.968 bits per heavy atom. The van der Waals surface area contributed by atoms with E-state index in [1.807, 2.05) is 9.80 Å². The van der Waals surface area contributed by atoms with Crippen LogP contribution in [0.4, 0.5) is 0 Å². The van der Waals surface area contributed by atoms with Gasteiger partial charge in [0.15, 0.2) is 0 Å². The fourth-order valence-corrected chi connectivity index (χ4v) is 6.71. The van der Waals surface area contributed by atoms with Crippen molar-refractivity contribution < 1.29 is 71.2 Å². The van der Waals surface area contributed by atoms with Crippen molar-refractivity contribution in [1.29, 1.82) is 0 Å². The molecule has 0 aromatic heterocycles. The van der Waals surface area contributed by atoms with E-state index in [1.54, 1.807) is 36.4 Å². The molecule has 352 valence electrons. The number of rotatable bonds is 8. The summed E-state index contributed by atoms with van der Waals surface area (Å²) in [5.74, 6) is -2.86. The molecule has 2 amide bonds. The molecule has 4 heterocycles. The average molecular weight is 2110 g/mol. The van der Waals surface area contributed by atoms with Gasteiger partial charge in [-0.3, -0.25) is 9.59 Å². The van der Waals surface area contributed by atoms with E-state index >= 15 is 0 Å². The van der Waals surface area contributed by atoms with Gasteiger partial charge in [0.1, 0.15) is 0 Å². The summed E-state index contributed by atoms with van der Waals surface area (Å²) in [6, 6.07) is 19.0. The van der Waals surface area contributed by atoms with E-state index in [9.17, 15) is 28.8 Å². The first-order valence-corrected chi connectivity index (χ1v) is 74.6. The molecule has 4 fully saturated rings. The molecule has 14 nitrogen and oxygen atoms in total. The number of morpholine rings is 2. The number of ether oxygens (including phenoxy) is 4. The maximum Gasteiger partial charge on any atom is 0.335 e. The molecule has 2 N–H and O–H groups in total. The average Bonchev–Trinajstić information content (AvgIpc) is 3.69. The van der Waals surface area contributed by atoms with Crippen LogP contribution in [0.3, 0.4) is 0 Å². The number of amides is 2. The van der Waals surface area contributed by atoms with E-state index in [0.29, 0.717) is 61.9 Å². The number of carboxylic acid groups (broad SMARTS) is 2. The van der Waals surface area contributed by atoms with Crippen LogP contribution in [0.15, 0.2) is 72.8 Å². The Labute approximate surface area is 457 Å². The fraction of sp³-hybridized carbons (Fsp3) is 0.368. The van der Waals surface area contributed by atoms with Crippen molar-refractivity contribution in [2.45, 2.75) is 49.9 Å². The molecule has 4 aliphatic heterocycles. The number of benzene rings is 3. The van der Waals surface area contributed by atoms with E-state index in [1.165, 1.54) is 50.6 Å². The maximum atomic E-state index is 12.6. The molecule has 0 saturated carbocycles. The van der Waals surface area contributed by atoms with Gasteiger partial charge in [0, 0.05) is 11.1 Å². The molecule has 4 bridgehead atoms. The van der Waals surface area contributed by atoms with Crippen LogP contribution < -0.4 is 13.3 Å². The van der Waals surface area contributed by atoms with Crippen molar-refractivity contribution in [3.8, 4) is 0 Å². The predicted octanol–water partition coefficient (Wildman–Crippen LogP) is 9.90. The molecule has 3 aromatic rings. The van der Waals surface area contributed by atoms with Crippen molar-refractivity contribution in [3.63, 3.8) is 0 Å². The van der Waals surface area contributed by atoms with Crippen molar-refractivity contribution in [3.05, 3.63) is 106 Å². The zero-order valence-electron chi connectivity index (χ0n) is 32.9. The molecule has 4 atom stereocenters. The molecule has 4 aliphatic rings. The number of methoxy groups -OCH3 is 2. The van der Waals surface area contributed by atoms with Gasteiger partial charge in [0.25, 0.3) is 11.8 Å². The molecule has 7 rings (SSSR count). The van der Waals surface area contributed by atoms with Gasteiger partial charge in [-0.05, 0) is 98.5 Å². The molecule has 4 unspecified atom stereocenters. The third-order valence-corrected chi connectivity index (χ3v) is 257. The number of carboxylic acids is 2. The van der Waals surface area contributed by atoms with Gasteiger partial charge >= 0.3 is 191 Å². The van der Waals surface area contributed by atoms with E-state index in [0.717, 1.165) is 25.7 Å². The second kappa shape index (κ2) is 31.7. The van der Waals surface area contributed by atoms with Gasteiger partial charge in [0.05, 0.1) is 87.1 Å². The van der Waals surface area contributed by atoms with Crippen molar-refractivity contribution in [2.24, 2.45) is 0 Å². The number of hydrogen-bond donors (Lipinski definition) is 2. The summed E-state index contributed by atoms with van der Waals surface area (Å²) < 4.78 is 20.0. The smallest absolute Gasteiger partial charge is 0.335 e. The van der Waals surface area contributed by atoms with Crippen LogP contribution in [0.5, 0.6) is 0 Å². The van der Waals surface area contributed by atoms with Crippen LogP contribution in [-0.4, -0.2) is 121 Å². The molecule has 63 heavy (non-hydrogen) atoms. The third kappa shape index (κ3) is 19.9. The first-order chi connectivity index (χ1) is 29.9. The monoisotopic (exact) mass is 2110 g/mol. The number of fused-ring (bicyclic) bond motifs is 4. The van der Waals surface area contributed by atoms with Gasteiger partial charge in [-0.25, -0.2) is 19.2 Å². The van der Waals surface area contributed by atoms with Crippen LogP contribution in [0.2, 0.25) is 0 Å². The van der Waals surface area contributed by atoms with Gasteiger partial charge in [-0.1, -0.05) is 0 Å². The largest absolute Gasteiger partial charge is 0.478 e. The Hall–Kier alpha value is 2.43. The van der Waals surface area contributed by atoms with Crippen LogP contribution in [0.25, 0.3) is 0 Å².